The second-order valence-corrected chi connectivity index (χ2v) is 8.91. The van der Waals surface area contributed by atoms with Crippen LogP contribution in [0.25, 0.3) is 16.9 Å². The molecule has 0 aliphatic heterocycles. The summed E-state index contributed by atoms with van der Waals surface area (Å²) in [6.45, 7) is 6.58. The van der Waals surface area contributed by atoms with E-state index in [1.54, 1.807) is 12.4 Å². The molecule has 6 nitrogen and oxygen atoms in total. The van der Waals surface area contributed by atoms with E-state index in [4.69, 9.17) is 5.10 Å². The van der Waals surface area contributed by atoms with E-state index in [1.807, 2.05) is 60.3 Å². The van der Waals surface area contributed by atoms with E-state index in [-0.39, 0.29) is 5.91 Å². The van der Waals surface area contributed by atoms with Gasteiger partial charge in [-0.15, -0.1) is 11.3 Å². The summed E-state index contributed by atoms with van der Waals surface area (Å²) in [5.74, 6) is 0.409. The molecule has 0 bridgehead atoms. The maximum Gasteiger partial charge on any atom is 0.263 e. The molecule has 0 spiro atoms. The number of nitrogens with one attached hydrogen (secondary N) is 1. The first-order valence-corrected chi connectivity index (χ1v) is 11.1. The van der Waals surface area contributed by atoms with E-state index in [0.29, 0.717) is 17.3 Å². The second-order valence-electron chi connectivity index (χ2n) is 7.82. The smallest absolute Gasteiger partial charge is 0.263 e. The number of para-hydroxylation sites is 1. The highest BCUT2D eigenvalue weighted by molar-refractivity contribution is 7.13. The maximum absolute atomic E-state index is 12.9. The first-order valence-electron chi connectivity index (χ1n) is 10.3. The summed E-state index contributed by atoms with van der Waals surface area (Å²) in [7, 11) is 0. The van der Waals surface area contributed by atoms with Crippen LogP contribution >= 0.6 is 11.3 Å². The Morgan fingerprint density at radius 2 is 1.87 bits per heavy atom. The number of amides is 1. The third-order valence-electron chi connectivity index (χ3n) is 4.83. The average molecular weight is 432 g/mol. The van der Waals surface area contributed by atoms with Crippen LogP contribution in [0.5, 0.6) is 0 Å². The Morgan fingerprint density at radius 3 is 2.58 bits per heavy atom. The Bertz CT molecular complexity index is 1170. The zero-order valence-electron chi connectivity index (χ0n) is 17.9. The number of hydrogen-bond donors (Lipinski definition) is 1. The van der Waals surface area contributed by atoms with Crippen molar-refractivity contribution in [2.75, 3.05) is 0 Å². The van der Waals surface area contributed by atoms with E-state index in [0.717, 1.165) is 39.6 Å². The molecule has 0 saturated carbocycles. The lowest BCUT2D eigenvalue weighted by Gasteiger charge is -2.05. The molecule has 0 aliphatic rings. The summed E-state index contributed by atoms with van der Waals surface area (Å²) in [4.78, 5) is 22.2. The minimum atomic E-state index is -0.0989. The fraction of sp³-hybridized carbons (Fsp3) is 0.250. The lowest BCUT2D eigenvalue weighted by Crippen LogP contribution is -2.22. The summed E-state index contributed by atoms with van der Waals surface area (Å²) >= 11 is 1.48. The average Bonchev–Trinajstić information content (AvgIpc) is 3.36. The number of carbonyl (C=O) groups is 1. The molecule has 0 aliphatic carbocycles. The van der Waals surface area contributed by atoms with Gasteiger partial charge < -0.3 is 5.32 Å². The number of aromatic nitrogens is 4. The van der Waals surface area contributed by atoms with Crippen molar-refractivity contribution in [2.45, 2.75) is 33.7 Å². The lowest BCUT2D eigenvalue weighted by atomic mass is 10.1. The van der Waals surface area contributed by atoms with Crippen LogP contribution < -0.4 is 5.32 Å². The number of thiazole rings is 1. The van der Waals surface area contributed by atoms with E-state index in [9.17, 15) is 4.79 Å². The van der Waals surface area contributed by atoms with Gasteiger partial charge in [0.1, 0.15) is 4.88 Å². The van der Waals surface area contributed by atoms with Crippen LogP contribution in [0, 0.1) is 12.8 Å². The Morgan fingerprint density at radius 1 is 1.13 bits per heavy atom. The number of nitrogens with zero attached hydrogens (tertiary/aromatic N) is 4. The normalized spacial score (nSPS) is 11.1. The number of rotatable bonds is 7. The molecule has 4 rings (SSSR count). The number of aryl methyl sites for hydroxylation is 1. The Balaban J connectivity index is 1.58. The minimum Gasteiger partial charge on any atom is -0.347 e. The van der Waals surface area contributed by atoms with Gasteiger partial charge in [-0.1, -0.05) is 32.0 Å². The number of pyridine rings is 1. The third kappa shape index (κ3) is 4.88. The van der Waals surface area contributed by atoms with Gasteiger partial charge in [0.05, 0.1) is 22.1 Å². The molecule has 31 heavy (non-hydrogen) atoms. The number of hydrogen-bond acceptors (Lipinski definition) is 5. The van der Waals surface area contributed by atoms with E-state index < -0.39 is 0 Å². The van der Waals surface area contributed by atoms with Crippen LogP contribution in [0.4, 0.5) is 0 Å². The summed E-state index contributed by atoms with van der Waals surface area (Å²) in [5, 5.41) is 8.85. The highest BCUT2D eigenvalue weighted by Crippen LogP contribution is 2.24. The molecule has 1 aromatic carbocycles. The molecule has 1 N–H and O–H groups in total. The zero-order valence-corrected chi connectivity index (χ0v) is 18.7. The van der Waals surface area contributed by atoms with Gasteiger partial charge in [0.15, 0.2) is 0 Å². The molecule has 0 fully saturated rings. The van der Waals surface area contributed by atoms with Crippen LogP contribution in [0.3, 0.4) is 0 Å². The van der Waals surface area contributed by atoms with Crippen LogP contribution in [-0.4, -0.2) is 25.7 Å². The molecule has 0 saturated heterocycles. The fourth-order valence-corrected chi connectivity index (χ4v) is 4.55. The minimum absolute atomic E-state index is 0.0989. The monoisotopic (exact) mass is 431 g/mol. The van der Waals surface area contributed by atoms with Crippen molar-refractivity contribution in [3.8, 4) is 16.9 Å². The fourth-order valence-electron chi connectivity index (χ4n) is 3.36. The van der Waals surface area contributed by atoms with Gasteiger partial charge in [0.2, 0.25) is 0 Å². The quantitative estimate of drug-likeness (QED) is 0.455. The van der Waals surface area contributed by atoms with E-state index >= 15 is 0 Å². The van der Waals surface area contributed by atoms with Crippen molar-refractivity contribution >= 4 is 17.2 Å². The van der Waals surface area contributed by atoms with Gasteiger partial charge in [-0.2, -0.15) is 5.10 Å². The van der Waals surface area contributed by atoms with Crippen LogP contribution in [-0.2, 0) is 13.0 Å². The second kappa shape index (κ2) is 9.22. The largest absolute Gasteiger partial charge is 0.347 e. The predicted molar refractivity (Wildman–Crippen MR) is 123 cm³/mol. The van der Waals surface area contributed by atoms with Crippen LogP contribution in [0.15, 0.2) is 61.1 Å². The molecule has 4 aromatic rings. The first kappa shape index (κ1) is 20.9. The van der Waals surface area contributed by atoms with Crippen molar-refractivity contribution in [1.29, 1.82) is 0 Å². The lowest BCUT2D eigenvalue weighted by molar-refractivity contribution is 0.0954. The molecule has 1 amide bonds. The Kier molecular flexibility index (Phi) is 6.23. The SMILES string of the molecule is Cc1nc(CC(C)C)sc1C(=O)NCc1cn(-c2ccccc2)nc1-c1ccncc1. The van der Waals surface area contributed by atoms with Crippen molar-refractivity contribution in [1.82, 2.24) is 25.1 Å². The molecular weight excluding hydrogens is 406 g/mol. The Labute approximate surface area is 186 Å². The molecular formula is C24H25N5OS. The van der Waals surface area contributed by atoms with Gasteiger partial charge in [-0.25, -0.2) is 9.67 Å². The van der Waals surface area contributed by atoms with Gasteiger partial charge in [-0.3, -0.25) is 9.78 Å². The number of carbonyl (C=O) groups excluding carboxylic acids is 1. The van der Waals surface area contributed by atoms with Crippen molar-refractivity contribution in [3.05, 3.63) is 82.2 Å². The standard InChI is InChI=1S/C24H25N5OS/c1-16(2)13-21-27-17(3)23(31-21)24(30)26-14-19-15-29(20-7-5-4-6-8-20)28-22(19)18-9-11-25-12-10-18/h4-12,15-16H,13-14H2,1-3H3,(H,26,30). The topological polar surface area (TPSA) is 72.7 Å². The highest BCUT2D eigenvalue weighted by atomic mass is 32.1. The first-order chi connectivity index (χ1) is 15.0. The van der Waals surface area contributed by atoms with Gasteiger partial charge in [0.25, 0.3) is 5.91 Å². The van der Waals surface area contributed by atoms with Gasteiger partial charge in [-0.05, 0) is 37.1 Å². The van der Waals surface area contributed by atoms with Crippen LogP contribution in [0.1, 0.15) is 39.8 Å². The number of benzene rings is 1. The predicted octanol–water partition coefficient (Wildman–Crippen LogP) is 4.83. The van der Waals surface area contributed by atoms with E-state index in [2.05, 4.69) is 29.1 Å². The molecule has 7 heteroatoms. The van der Waals surface area contributed by atoms with Crippen molar-refractivity contribution in [2.24, 2.45) is 5.92 Å². The molecule has 158 valence electrons. The van der Waals surface area contributed by atoms with Gasteiger partial charge in [0, 0.05) is 42.7 Å². The zero-order chi connectivity index (χ0) is 21.8. The third-order valence-corrected chi connectivity index (χ3v) is 6.01. The summed E-state index contributed by atoms with van der Waals surface area (Å²) in [6, 6.07) is 13.8. The summed E-state index contributed by atoms with van der Waals surface area (Å²) in [5.41, 5.74) is 4.47. The van der Waals surface area contributed by atoms with Crippen molar-refractivity contribution < 1.29 is 4.79 Å². The molecule has 0 atom stereocenters. The van der Waals surface area contributed by atoms with Crippen LogP contribution in [0.2, 0.25) is 0 Å². The van der Waals surface area contributed by atoms with Crippen molar-refractivity contribution in [3.63, 3.8) is 0 Å². The highest BCUT2D eigenvalue weighted by Gasteiger charge is 2.18. The molecule has 3 aromatic heterocycles. The van der Waals surface area contributed by atoms with Gasteiger partial charge >= 0.3 is 0 Å². The maximum atomic E-state index is 12.9. The molecule has 0 unspecified atom stereocenters. The Hall–Kier alpha value is -3.32. The summed E-state index contributed by atoms with van der Waals surface area (Å²) < 4.78 is 1.84. The molecule has 3 heterocycles. The summed E-state index contributed by atoms with van der Waals surface area (Å²) in [6.07, 6.45) is 6.34. The molecule has 0 radical (unpaired) electrons. The van der Waals surface area contributed by atoms with E-state index in [1.165, 1.54) is 11.3 Å².